The Morgan fingerprint density at radius 2 is 1.52 bits per heavy atom. The molecule has 1 aliphatic heterocycles. The fourth-order valence-electron chi connectivity index (χ4n) is 3.57. The molecule has 0 amide bonds. The van der Waals surface area contributed by atoms with Crippen molar-refractivity contribution in [3.63, 3.8) is 0 Å². The van der Waals surface area contributed by atoms with Crippen LogP contribution in [0.4, 0.5) is 0 Å². The summed E-state index contributed by atoms with van der Waals surface area (Å²) in [7, 11) is 0. The van der Waals surface area contributed by atoms with Crippen LogP contribution in [0.5, 0.6) is 11.5 Å². The Balaban J connectivity index is 1.52. The lowest BCUT2D eigenvalue weighted by molar-refractivity contribution is -0.151. The fourth-order valence-corrected chi connectivity index (χ4v) is 3.57. The van der Waals surface area contributed by atoms with E-state index in [0.29, 0.717) is 12.2 Å². The summed E-state index contributed by atoms with van der Waals surface area (Å²) in [5.74, 6) is 0.0649. The second-order valence-corrected chi connectivity index (χ2v) is 6.87. The van der Waals surface area contributed by atoms with Crippen LogP contribution >= 0.6 is 0 Å². The van der Waals surface area contributed by atoms with Crippen LogP contribution in [0.2, 0.25) is 0 Å². The molecule has 3 aromatic carbocycles. The van der Waals surface area contributed by atoms with Crippen LogP contribution in [-0.4, -0.2) is 30.6 Å². The molecule has 0 aliphatic carbocycles. The number of benzene rings is 3. The Bertz CT molecular complexity index is 916. The van der Waals surface area contributed by atoms with Gasteiger partial charge >= 0.3 is 5.97 Å². The standard InChI is InChI=1S/C24H22O5/c25-24(26)23(27-14-13-17-11-12-20-21(15-17)29-16-28-20)22(18-7-3-1-4-8-18)19-9-5-2-6-10-19/h1-12,15,22-23H,13-14,16H2,(H,25,26). The van der Waals surface area contributed by atoms with Gasteiger partial charge in [-0.05, 0) is 35.2 Å². The van der Waals surface area contributed by atoms with E-state index >= 15 is 0 Å². The number of ether oxygens (including phenoxy) is 3. The third-order valence-electron chi connectivity index (χ3n) is 4.99. The van der Waals surface area contributed by atoms with E-state index in [4.69, 9.17) is 14.2 Å². The van der Waals surface area contributed by atoms with Crippen LogP contribution < -0.4 is 9.47 Å². The predicted octanol–water partition coefficient (Wildman–Crippen LogP) is 4.26. The number of fused-ring (bicyclic) bond motifs is 1. The first-order chi connectivity index (χ1) is 14.2. The van der Waals surface area contributed by atoms with Gasteiger partial charge in [0.2, 0.25) is 6.79 Å². The molecule has 3 aromatic rings. The molecule has 5 heteroatoms. The maximum Gasteiger partial charge on any atom is 0.333 e. The Labute approximate surface area is 169 Å². The van der Waals surface area contributed by atoms with Gasteiger partial charge in [-0.2, -0.15) is 0 Å². The summed E-state index contributed by atoms with van der Waals surface area (Å²) < 4.78 is 16.7. The average molecular weight is 390 g/mol. The number of carboxylic acids is 1. The lowest BCUT2D eigenvalue weighted by atomic mass is 9.86. The summed E-state index contributed by atoms with van der Waals surface area (Å²) in [6.45, 7) is 0.513. The molecule has 4 rings (SSSR count). The second-order valence-electron chi connectivity index (χ2n) is 6.87. The van der Waals surface area contributed by atoms with Gasteiger partial charge in [0.1, 0.15) is 0 Å². The van der Waals surface area contributed by atoms with E-state index in [1.54, 1.807) is 0 Å². The molecule has 1 heterocycles. The van der Waals surface area contributed by atoms with Crippen LogP contribution in [0.25, 0.3) is 0 Å². The normalized spacial score (nSPS) is 13.4. The number of aliphatic carboxylic acids is 1. The zero-order chi connectivity index (χ0) is 20.1. The first-order valence-corrected chi connectivity index (χ1v) is 9.55. The molecule has 0 saturated carbocycles. The van der Waals surface area contributed by atoms with Gasteiger partial charge in [0.05, 0.1) is 6.61 Å². The van der Waals surface area contributed by atoms with Gasteiger partial charge < -0.3 is 19.3 Å². The van der Waals surface area contributed by atoms with Crippen LogP contribution in [-0.2, 0) is 16.0 Å². The van der Waals surface area contributed by atoms with Crippen molar-refractivity contribution in [3.8, 4) is 11.5 Å². The topological polar surface area (TPSA) is 65.0 Å². The summed E-state index contributed by atoms with van der Waals surface area (Å²) in [5.41, 5.74) is 2.83. The third kappa shape index (κ3) is 4.41. The molecule has 1 atom stereocenters. The molecule has 29 heavy (non-hydrogen) atoms. The number of hydrogen-bond donors (Lipinski definition) is 1. The van der Waals surface area contributed by atoms with Crippen molar-refractivity contribution in [1.82, 2.24) is 0 Å². The van der Waals surface area contributed by atoms with E-state index < -0.39 is 18.0 Å². The predicted molar refractivity (Wildman–Crippen MR) is 108 cm³/mol. The molecule has 1 unspecified atom stereocenters. The molecule has 148 valence electrons. The number of carboxylic acid groups (broad SMARTS) is 1. The minimum Gasteiger partial charge on any atom is -0.479 e. The Hall–Kier alpha value is -3.31. The van der Waals surface area contributed by atoms with Gasteiger partial charge in [-0.15, -0.1) is 0 Å². The summed E-state index contributed by atoms with van der Waals surface area (Å²) in [6.07, 6.45) is -0.412. The third-order valence-corrected chi connectivity index (χ3v) is 4.99. The van der Waals surface area contributed by atoms with Crippen molar-refractivity contribution in [2.45, 2.75) is 18.4 Å². The van der Waals surface area contributed by atoms with Gasteiger partial charge in [-0.25, -0.2) is 4.79 Å². The highest BCUT2D eigenvalue weighted by atomic mass is 16.7. The number of hydrogen-bond acceptors (Lipinski definition) is 4. The quantitative estimate of drug-likeness (QED) is 0.623. The van der Waals surface area contributed by atoms with Crippen molar-refractivity contribution >= 4 is 5.97 Å². The Morgan fingerprint density at radius 3 is 2.14 bits per heavy atom. The van der Waals surface area contributed by atoms with Crippen LogP contribution in [0.1, 0.15) is 22.6 Å². The molecule has 0 radical (unpaired) electrons. The van der Waals surface area contributed by atoms with Crippen molar-refractivity contribution in [2.24, 2.45) is 0 Å². The summed E-state index contributed by atoms with van der Waals surface area (Å²) in [4.78, 5) is 12.1. The lowest BCUT2D eigenvalue weighted by Crippen LogP contribution is -2.32. The molecule has 0 bridgehead atoms. The van der Waals surface area contributed by atoms with Crippen LogP contribution in [0.15, 0.2) is 78.9 Å². The summed E-state index contributed by atoms with van der Waals surface area (Å²) >= 11 is 0. The van der Waals surface area contributed by atoms with E-state index in [9.17, 15) is 9.90 Å². The second kappa shape index (κ2) is 8.80. The van der Waals surface area contributed by atoms with Crippen LogP contribution in [0.3, 0.4) is 0 Å². The summed E-state index contributed by atoms with van der Waals surface area (Å²) in [5, 5.41) is 9.93. The lowest BCUT2D eigenvalue weighted by Gasteiger charge is -2.25. The highest BCUT2D eigenvalue weighted by molar-refractivity contribution is 5.75. The van der Waals surface area contributed by atoms with Gasteiger partial charge in [0.25, 0.3) is 0 Å². The molecule has 0 aromatic heterocycles. The Kier molecular flexibility index (Phi) is 5.77. The minimum atomic E-state index is -0.992. The minimum absolute atomic E-state index is 0.228. The molecule has 0 spiro atoms. The van der Waals surface area contributed by atoms with Gasteiger partial charge in [-0.3, -0.25) is 0 Å². The largest absolute Gasteiger partial charge is 0.479 e. The SMILES string of the molecule is O=C(O)C(OCCc1ccc2c(c1)OCO2)C(c1ccccc1)c1ccccc1. The average Bonchev–Trinajstić information content (AvgIpc) is 3.22. The van der Waals surface area contributed by atoms with Crippen molar-refractivity contribution in [2.75, 3.05) is 13.4 Å². The molecule has 0 fully saturated rings. The highest BCUT2D eigenvalue weighted by Crippen LogP contribution is 2.33. The Morgan fingerprint density at radius 1 is 0.897 bits per heavy atom. The number of rotatable bonds is 8. The fraction of sp³-hybridized carbons (Fsp3) is 0.208. The molecular formula is C24H22O5. The van der Waals surface area contributed by atoms with Gasteiger partial charge in [0.15, 0.2) is 17.6 Å². The van der Waals surface area contributed by atoms with Crippen LogP contribution in [0, 0.1) is 0 Å². The maximum atomic E-state index is 12.1. The van der Waals surface area contributed by atoms with Gasteiger partial charge in [0, 0.05) is 5.92 Å². The van der Waals surface area contributed by atoms with E-state index in [1.165, 1.54) is 0 Å². The van der Waals surface area contributed by atoms with E-state index in [-0.39, 0.29) is 13.4 Å². The molecule has 1 N–H and O–H groups in total. The smallest absolute Gasteiger partial charge is 0.333 e. The maximum absolute atomic E-state index is 12.1. The molecule has 5 nitrogen and oxygen atoms in total. The molecular weight excluding hydrogens is 368 g/mol. The molecule has 0 saturated heterocycles. The van der Waals surface area contributed by atoms with Gasteiger partial charge in [-0.1, -0.05) is 66.7 Å². The first-order valence-electron chi connectivity index (χ1n) is 9.55. The van der Waals surface area contributed by atoms with Crippen molar-refractivity contribution in [1.29, 1.82) is 0 Å². The van der Waals surface area contributed by atoms with E-state index in [1.807, 2.05) is 78.9 Å². The zero-order valence-corrected chi connectivity index (χ0v) is 15.9. The first kappa shape index (κ1) is 19.0. The van der Waals surface area contributed by atoms with Crippen molar-refractivity contribution < 1.29 is 24.1 Å². The van der Waals surface area contributed by atoms with E-state index in [0.717, 1.165) is 22.4 Å². The molecule has 1 aliphatic rings. The van der Waals surface area contributed by atoms with Crippen molar-refractivity contribution in [3.05, 3.63) is 95.6 Å². The highest BCUT2D eigenvalue weighted by Gasteiger charge is 2.31. The monoisotopic (exact) mass is 390 g/mol. The summed E-state index contributed by atoms with van der Waals surface area (Å²) in [6, 6.07) is 25.0. The zero-order valence-electron chi connectivity index (χ0n) is 15.9. The number of carbonyl (C=O) groups is 1. The van der Waals surface area contributed by atoms with E-state index in [2.05, 4.69) is 0 Å².